The van der Waals surface area contributed by atoms with Crippen LogP contribution in [0.4, 0.5) is 14.5 Å². The van der Waals surface area contributed by atoms with Crippen LogP contribution in [0.25, 0.3) is 0 Å². The number of nitrogens with one attached hydrogen (secondary N) is 1. The van der Waals surface area contributed by atoms with Gasteiger partial charge in [-0.05, 0) is 23.8 Å². The SMILES string of the molecule is COC(=O)c1ccccc1CNc1ccc(F)cc1F. The molecular weight excluding hydrogens is 264 g/mol. The van der Waals surface area contributed by atoms with E-state index < -0.39 is 17.6 Å². The van der Waals surface area contributed by atoms with Crippen molar-refractivity contribution in [2.45, 2.75) is 6.54 Å². The first-order valence-electron chi connectivity index (χ1n) is 5.97. The van der Waals surface area contributed by atoms with Crippen molar-refractivity contribution >= 4 is 11.7 Å². The predicted molar refractivity (Wildman–Crippen MR) is 71.5 cm³/mol. The number of rotatable bonds is 4. The van der Waals surface area contributed by atoms with Gasteiger partial charge in [-0.2, -0.15) is 0 Å². The second kappa shape index (κ2) is 6.14. The molecule has 0 aliphatic carbocycles. The van der Waals surface area contributed by atoms with Gasteiger partial charge in [-0.25, -0.2) is 13.6 Å². The molecule has 2 rings (SSSR count). The molecule has 104 valence electrons. The number of carbonyl (C=O) groups excluding carboxylic acids is 1. The second-order valence-corrected chi connectivity index (χ2v) is 4.13. The summed E-state index contributed by atoms with van der Waals surface area (Å²) in [7, 11) is 1.30. The number of ether oxygens (including phenoxy) is 1. The van der Waals surface area contributed by atoms with Gasteiger partial charge in [-0.1, -0.05) is 18.2 Å². The Morgan fingerprint density at radius 1 is 1.20 bits per heavy atom. The van der Waals surface area contributed by atoms with Crippen LogP contribution < -0.4 is 5.32 Å². The fourth-order valence-electron chi connectivity index (χ4n) is 1.81. The number of carbonyl (C=O) groups is 1. The van der Waals surface area contributed by atoms with E-state index in [1.54, 1.807) is 24.3 Å². The fraction of sp³-hybridized carbons (Fsp3) is 0.133. The predicted octanol–water partition coefficient (Wildman–Crippen LogP) is 3.36. The van der Waals surface area contributed by atoms with Crippen molar-refractivity contribution in [3.05, 3.63) is 65.2 Å². The molecule has 0 heterocycles. The number of hydrogen-bond acceptors (Lipinski definition) is 3. The fourth-order valence-corrected chi connectivity index (χ4v) is 1.81. The highest BCUT2D eigenvalue weighted by Gasteiger charge is 2.11. The van der Waals surface area contributed by atoms with Gasteiger partial charge in [0.25, 0.3) is 0 Å². The van der Waals surface area contributed by atoms with Gasteiger partial charge < -0.3 is 10.1 Å². The highest BCUT2D eigenvalue weighted by Crippen LogP contribution is 2.17. The summed E-state index contributed by atoms with van der Waals surface area (Å²) >= 11 is 0. The molecule has 2 aromatic carbocycles. The summed E-state index contributed by atoms with van der Waals surface area (Å²) in [5.74, 6) is -1.77. The second-order valence-electron chi connectivity index (χ2n) is 4.13. The van der Waals surface area contributed by atoms with E-state index in [4.69, 9.17) is 0 Å². The smallest absolute Gasteiger partial charge is 0.338 e. The van der Waals surface area contributed by atoms with Gasteiger partial charge in [0.05, 0.1) is 18.4 Å². The van der Waals surface area contributed by atoms with E-state index in [9.17, 15) is 13.6 Å². The number of esters is 1. The summed E-state index contributed by atoms with van der Waals surface area (Å²) in [6, 6.07) is 10.1. The molecule has 0 saturated carbocycles. The number of halogens is 2. The van der Waals surface area contributed by atoms with E-state index >= 15 is 0 Å². The van der Waals surface area contributed by atoms with Crippen LogP contribution in [0.3, 0.4) is 0 Å². The maximum Gasteiger partial charge on any atom is 0.338 e. The van der Waals surface area contributed by atoms with Gasteiger partial charge in [0.2, 0.25) is 0 Å². The summed E-state index contributed by atoms with van der Waals surface area (Å²) in [5, 5.41) is 2.83. The monoisotopic (exact) mass is 277 g/mol. The number of methoxy groups -OCH3 is 1. The summed E-state index contributed by atoms with van der Waals surface area (Å²) in [4.78, 5) is 11.6. The molecule has 0 aromatic heterocycles. The summed E-state index contributed by atoms with van der Waals surface area (Å²) in [6.45, 7) is 0.230. The van der Waals surface area contributed by atoms with Crippen LogP contribution in [0.2, 0.25) is 0 Å². The van der Waals surface area contributed by atoms with Crippen molar-refractivity contribution in [1.29, 1.82) is 0 Å². The van der Waals surface area contributed by atoms with Crippen LogP contribution in [0.1, 0.15) is 15.9 Å². The molecule has 0 unspecified atom stereocenters. The Hall–Kier alpha value is -2.43. The van der Waals surface area contributed by atoms with Crippen LogP contribution in [0.5, 0.6) is 0 Å². The van der Waals surface area contributed by atoms with Crippen LogP contribution in [-0.4, -0.2) is 13.1 Å². The minimum Gasteiger partial charge on any atom is -0.465 e. The molecule has 0 aliphatic rings. The van der Waals surface area contributed by atoms with Gasteiger partial charge in [-0.15, -0.1) is 0 Å². The molecule has 0 saturated heterocycles. The summed E-state index contributed by atoms with van der Waals surface area (Å²) < 4.78 is 31.0. The topological polar surface area (TPSA) is 38.3 Å². The Bertz CT molecular complexity index is 629. The molecular formula is C15H13F2NO2. The van der Waals surface area contributed by atoms with Gasteiger partial charge >= 0.3 is 5.97 Å². The van der Waals surface area contributed by atoms with Crippen LogP contribution >= 0.6 is 0 Å². The third-order valence-electron chi connectivity index (χ3n) is 2.82. The van der Waals surface area contributed by atoms with E-state index in [-0.39, 0.29) is 12.2 Å². The zero-order chi connectivity index (χ0) is 14.5. The minimum absolute atomic E-state index is 0.172. The maximum absolute atomic E-state index is 13.5. The van der Waals surface area contributed by atoms with E-state index in [0.29, 0.717) is 11.1 Å². The molecule has 1 N–H and O–H groups in total. The van der Waals surface area contributed by atoms with Crippen molar-refractivity contribution in [1.82, 2.24) is 0 Å². The third-order valence-corrected chi connectivity index (χ3v) is 2.82. The van der Waals surface area contributed by atoms with E-state index in [1.165, 1.54) is 13.2 Å². The molecule has 0 atom stereocenters. The molecule has 0 amide bonds. The highest BCUT2D eigenvalue weighted by atomic mass is 19.1. The van der Waals surface area contributed by atoms with Crippen LogP contribution in [-0.2, 0) is 11.3 Å². The molecule has 0 aliphatic heterocycles. The Labute approximate surface area is 115 Å². The Kier molecular flexibility index (Phi) is 4.30. The van der Waals surface area contributed by atoms with Gasteiger partial charge in [0, 0.05) is 12.6 Å². The first-order chi connectivity index (χ1) is 9.61. The zero-order valence-electron chi connectivity index (χ0n) is 10.8. The largest absolute Gasteiger partial charge is 0.465 e. The van der Waals surface area contributed by atoms with Crippen LogP contribution in [0, 0.1) is 11.6 Å². The summed E-state index contributed by atoms with van der Waals surface area (Å²) in [6.07, 6.45) is 0. The Balaban J connectivity index is 2.17. The maximum atomic E-state index is 13.5. The zero-order valence-corrected chi connectivity index (χ0v) is 10.8. The molecule has 2 aromatic rings. The standard InChI is InChI=1S/C15H13F2NO2/c1-20-15(19)12-5-3-2-4-10(12)9-18-14-7-6-11(16)8-13(14)17/h2-8,18H,9H2,1H3. The molecule has 0 radical (unpaired) electrons. The minimum atomic E-state index is -0.680. The van der Waals surface area contributed by atoms with Crippen molar-refractivity contribution < 1.29 is 18.3 Å². The van der Waals surface area contributed by atoms with E-state index in [1.807, 2.05) is 0 Å². The number of hydrogen-bond donors (Lipinski definition) is 1. The van der Waals surface area contributed by atoms with Crippen molar-refractivity contribution in [3.63, 3.8) is 0 Å². The van der Waals surface area contributed by atoms with Crippen molar-refractivity contribution in [2.75, 3.05) is 12.4 Å². The normalized spacial score (nSPS) is 10.2. The third kappa shape index (κ3) is 3.12. The first kappa shape index (κ1) is 14.0. The molecule has 0 bridgehead atoms. The van der Waals surface area contributed by atoms with Gasteiger partial charge in [-0.3, -0.25) is 0 Å². The average Bonchev–Trinajstić information content (AvgIpc) is 2.46. The van der Waals surface area contributed by atoms with Crippen molar-refractivity contribution in [3.8, 4) is 0 Å². The molecule has 3 nitrogen and oxygen atoms in total. The summed E-state index contributed by atoms with van der Waals surface area (Å²) in [5.41, 5.74) is 1.25. The van der Waals surface area contributed by atoms with Gasteiger partial charge in [0.1, 0.15) is 11.6 Å². The quantitative estimate of drug-likeness (QED) is 0.871. The lowest BCUT2D eigenvalue weighted by Crippen LogP contribution is -2.09. The Morgan fingerprint density at radius 3 is 2.65 bits per heavy atom. The first-order valence-corrected chi connectivity index (χ1v) is 5.97. The number of benzene rings is 2. The van der Waals surface area contributed by atoms with Crippen LogP contribution in [0.15, 0.2) is 42.5 Å². The Morgan fingerprint density at radius 2 is 1.95 bits per heavy atom. The van der Waals surface area contributed by atoms with Gasteiger partial charge in [0.15, 0.2) is 0 Å². The molecule has 5 heteroatoms. The lowest BCUT2D eigenvalue weighted by molar-refractivity contribution is 0.0599. The lowest BCUT2D eigenvalue weighted by atomic mass is 10.1. The van der Waals surface area contributed by atoms with E-state index in [2.05, 4.69) is 10.1 Å². The highest BCUT2D eigenvalue weighted by molar-refractivity contribution is 5.91. The lowest BCUT2D eigenvalue weighted by Gasteiger charge is -2.10. The molecule has 0 fully saturated rings. The molecule has 20 heavy (non-hydrogen) atoms. The number of anilines is 1. The molecule has 0 spiro atoms. The average molecular weight is 277 g/mol. The van der Waals surface area contributed by atoms with E-state index in [0.717, 1.165) is 12.1 Å². The van der Waals surface area contributed by atoms with Crippen molar-refractivity contribution in [2.24, 2.45) is 0 Å².